The van der Waals surface area contributed by atoms with E-state index in [1.165, 1.54) is 23.1 Å². The van der Waals surface area contributed by atoms with E-state index < -0.39 is 35.3 Å². The average molecular weight is 514 g/mol. The quantitative estimate of drug-likeness (QED) is 0.241. The molecule has 2 aromatic rings. The molecule has 2 aliphatic rings. The van der Waals surface area contributed by atoms with E-state index in [0.717, 1.165) is 13.1 Å². The van der Waals surface area contributed by atoms with Crippen LogP contribution in [0.4, 0.5) is 4.39 Å². The van der Waals surface area contributed by atoms with Crippen molar-refractivity contribution in [3.05, 3.63) is 63.7 Å². The highest BCUT2D eigenvalue weighted by atomic mass is 19.1. The van der Waals surface area contributed by atoms with Crippen molar-refractivity contribution < 1.29 is 33.4 Å². The van der Waals surface area contributed by atoms with Crippen molar-refractivity contribution in [3.8, 4) is 0 Å². The second-order valence-electron chi connectivity index (χ2n) is 9.17. The number of hydrogen-bond donors (Lipinski definition) is 2. The van der Waals surface area contributed by atoms with Crippen LogP contribution in [0.2, 0.25) is 0 Å². The Morgan fingerprint density at radius 2 is 1.89 bits per heavy atom. The van der Waals surface area contributed by atoms with E-state index in [1.54, 1.807) is 26.8 Å². The third-order valence-corrected chi connectivity index (χ3v) is 6.87. The predicted molar refractivity (Wildman–Crippen MR) is 134 cm³/mol. The zero-order chi connectivity index (χ0) is 26.7. The van der Waals surface area contributed by atoms with Crippen molar-refractivity contribution in [3.63, 3.8) is 0 Å². The van der Waals surface area contributed by atoms with E-state index in [2.05, 4.69) is 9.88 Å². The standard InChI is InChI=1S/C27H32FN3O6/c1-4-37-27(35)22-16(2)20(17(3)29-22)24(32)21-23(18-8-5-6-9-19(18)28)31(26(34)25(21)33)11-7-10-30-12-14-36-15-13-30/h5-6,8-9,23,29,32H,4,7,10-15H2,1-3H3/b24-21+/t23-/m1/s1. The zero-order valence-electron chi connectivity index (χ0n) is 21.3. The fourth-order valence-electron chi connectivity index (χ4n) is 5.07. The maximum Gasteiger partial charge on any atom is 0.355 e. The molecule has 4 rings (SSSR count). The van der Waals surface area contributed by atoms with E-state index in [1.807, 2.05) is 0 Å². The molecule has 3 heterocycles. The number of esters is 1. The number of benzene rings is 1. The SMILES string of the molecule is CCOC(=O)c1[nH]c(C)c(/C(O)=C2\C(=O)C(=O)N(CCCN3CCOCC3)[C@@H]2c2ccccc2F)c1C. The van der Waals surface area contributed by atoms with Gasteiger partial charge in [0.15, 0.2) is 0 Å². The Morgan fingerprint density at radius 3 is 2.57 bits per heavy atom. The minimum absolute atomic E-state index is 0.117. The highest BCUT2D eigenvalue weighted by molar-refractivity contribution is 6.46. The van der Waals surface area contributed by atoms with Crippen molar-refractivity contribution >= 4 is 23.4 Å². The van der Waals surface area contributed by atoms with Crippen molar-refractivity contribution in [2.45, 2.75) is 33.2 Å². The first-order valence-corrected chi connectivity index (χ1v) is 12.5. The molecule has 1 aromatic heterocycles. The largest absolute Gasteiger partial charge is 0.507 e. The third kappa shape index (κ3) is 5.17. The molecule has 0 bridgehead atoms. The van der Waals surface area contributed by atoms with E-state index in [4.69, 9.17) is 9.47 Å². The van der Waals surface area contributed by atoms with Crippen molar-refractivity contribution in [1.82, 2.24) is 14.8 Å². The number of rotatable bonds is 8. The van der Waals surface area contributed by atoms with Crippen LogP contribution in [0.1, 0.15) is 52.3 Å². The summed E-state index contributed by atoms with van der Waals surface area (Å²) in [5, 5.41) is 11.4. The molecule has 198 valence electrons. The summed E-state index contributed by atoms with van der Waals surface area (Å²) in [6.07, 6.45) is 0.563. The minimum Gasteiger partial charge on any atom is -0.507 e. The van der Waals surface area contributed by atoms with Gasteiger partial charge < -0.3 is 24.5 Å². The molecule has 0 spiro atoms. The van der Waals surface area contributed by atoms with Gasteiger partial charge in [-0.05, 0) is 38.8 Å². The van der Waals surface area contributed by atoms with Gasteiger partial charge in [-0.2, -0.15) is 0 Å². The molecule has 0 saturated carbocycles. The first-order chi connectivity index (χ1) is 17.8. The molecule has 2 fully saturated rings. The summed E-state index contributed by atoms with van der Waals surface area (Å²) in [5.74, 6) is -3.34. The van der Waals surface area contributed by atoms with Crippen LogP contribution in [-0.4, -0.2) is 83.5 Å². The highest BCUT2D eigenvalue weighted by Crippen LogP contribution is 2.41. The van der Waals surface area contributed by atoms with Gasteiger partial charge in [0.2, 0.25) is 0 Å². The fourth-order valence-corrected chi connectivity index (χ4v) is 5.07. The number of nitrogens with one attached hydrogen (secondary N) is 1. The summed E-state index contributed by atoms with van der Waals surface area (Å²) in [5.41, 5.74) is 1.06. The molecule has 0 aliphatic carbocycles. The van der Waals surface area contributed by atoms with Gasteiger partial charge in [0, 0.05) is 43.0 Å². The summed E-state index contributed by atoms with van der Waals surface area (Å²) in [6, 6.07) is 4.81. The molecule has 1 aromatic carbocycles. The van der Waals surface area contributed by atoms with Crippen molar-refractivity contribution in [1.29, 1.82) is 0 Å². The third-order valence-electron chi connectivity index (χ3n) is 6.87. The van der Waals surface area contributed by atoms with Crippen molar-refractivity contribution in [2.75, 3.05) is 46.0 Å². The number of aromatic nitrogens is 1. The second-order valence-corrected chi connectivity index (χ2v) is 9.17. The summed E-state index contributed by atoms with van der Waals surface area (Å²) < 4.78 is 25.5. The summed E-state index contributed by atoms with van der Waals surface area (Å²) in [4.78, 5) is 45.3. The van der Waals surface area contributed by atoms with Crippen molar-refractivity contribution in [2.24, 2.45) is 0 Å². The van der Waals surface area contributed by atoms with Gasteiger partial charge in [-0.25, -0.2) is 9.18 Å². The Balaban J connectivity index is 1.75. The number of aryl methyl sites for hydroxylation is 1. The lowest BCUT2D eigenvalue weighted by Gasteiger charge is -2.29. The number of aromatic amines is 1. The van der Waals surface area contributed by atoms with Crippen LogP contribution in [-0.2, 0) is 19.1 Å². The number of hydrogen-bond acceptors (Lipinski definition) is 7. The van der Waals surface area contributed by atoms with Crippen LogP contribution in [0.25, 0.3) is 5.76 Å². The number of ether oxygens (including phenoxy) is 2. The van der Waals surface area contributed by atoms with Crippen LogP contribution in [0.3, 0.4) is 0 Å². The molecule has 37 heavy (non-hydrogen) atoms. The van der Waals surface area contributed by atoms with Crippen LogP contribution in [0, 0.1) is 19.7 Å². The van der Waals surface area contributed by atoms with E-state index in [0.29, 0.717) is 37.4 Å². The zero-order valence-corrected chi connectivity index (χ0v) is 21.3. The highest BCUT2D eigenvalue weighted by Gasteiger charge is 2.47. The minimum atomic E-state index is -1.11. The number of likely N-dealkylation sites (tertiary alicyclic amines) is 1. The second kappa shape index (κ2) is 11.3. The number of carbonyl (C=O) groups excluding carboxylic acids is 3. The number of aliphatic hydroxyl groups is 1. The number of H-pyrrole nitrogens is 1. The number of morpholine rings is 1. The summed E-state index contributed by atoms with van der Waals surface area (Å²) in [6.45, 7) is 8.84. The molecule has 10 heteroatoms. The first kappa shape index (κ1) is 26.6. The number of nitrogens with zero attached hydrogens (tertiary/aromatic N) is 2. The monoisotopic (exact) mass is 513 g/mol. The van der Waals surface area contributed by atoms with Gasteiger partial charge in [0.05, 0.1) is 31.4 Å². The normalized spacial score (nSPS) is 20.0. The van der Waals surface area contributed by atoms with Gasteiger partial charge in [0.25, 0.3) is 11.7 Å². The molecule has 1 amide bonds. The lowest BCUT2D eigenvalue weighted by atomic mass is 9.93. The van der Waals surface area contributed by atoms with Gasteiger partial charge >= 0.3 is 5.97 Å². The van der Waals surface area contributed by atoms with E-state index in [-0.39, 0.29) is 35.5 Å². The number of aliphatic hydroxyl groups excluding tert-OH is 1. The molecule has 0 radical (unpaired) electrons. The van der Waals surface area contributed by atoms with Crippen LogP contribution >= 0.6 is 0 Å². The predicted octanol–water partition coefficient (Wildman–Crippen LogP) is 3.09. The van der Waals surface area contributed by atoms with Crippen LogP contribution in [0.5, 0.6) is 0 Å². The molecular weight excluding hydrogens is 481 g/mol. The van der Waals surface area contributed by atoms with E-state index in [9.17, 15) is 19.5 Å². The maximum absolute atomic E-state index is 15.0. The Bertz CT molecular complexity index is 1230. The number of carbonyl (C=O) groups is 3. The smallest absolute Gasteiger partial charge is 0.355 e. The van der Waals surface area contributed by atoms with Gasteiger partial charge in [0.1, 0.15) is 17.3 Å². The molecule has 0 unspecified atom stereocenters. The maximum atomic E-state index is 15.0. The number of amides is 1. The Labute approximate surface area is 214 Å². The molecule has 1 atom stereocenters. The topological polar surface area (TPSA) is 112 Å². The Morgan fingerprint density at radius 1 is 1.19 bits per heavy atom. The Kier molecular flexibility index (Phi) is 8.09. The number of halogens is 1. The van der Waals surface area contributed by atoms with Crippen LogP contribution < -0.4 is 0 Å². The molecule has 2 saturated heterocycles. The molecular formula is C27H32FN3O6. The molecule has 2 N–H and O–H groups in total. The van der Waals surface area contributed by atoms with Gasteiger partial charge in [-0.3, -0.25) is 14.5 Å². The number of Topliss-reactive ketones (excluding diaryl/α,β-unsaturated/α-hetero) is 1. The van der Waals surface area contributed by atoms with E-state index >= 15 is 4.39 Å². The van der Waals surface area contributed by atoms with Gasteiger partial charge in [-0.1, -0.05) is 18.2 Å². The fraction of sp³-hybridized carbons (Fsp3) is 0.444. The lowest BCUT2D eigenvalue weighted by Crippen LogP contribution is -2.39. The summed E-state index contributed by atoms with van der Waals surface area (Å²) >= 11 is 0. The molecule has 2 aliphatic heterocycles. The molecule has 9 nitrogen and oxygen atoms in total. The number of ketones is 1. The first-order valence-electron chi connectivity index (χ1n) is 12.5. The Hall–Kier alpha value is -3.50. The average Bonchev–Trinajstić information content (AvgIpc) is 3.32. The summed E-state index contributed by atoms with van der Waals surface area (Å²) in [7, 11) is 0. The lowest BCUT2D eigenvalue weighted by molar-refractivity contribution is -0.140. The van der Waals surface area contributed by atoms with Crippen LogP contribution in [0.15, 0.2) is 29.8 Å². The van der Waals surface area contributed by atoms with Gasteiger partial charge in [-0.15, -0.1) is 0 Å².